The smallest absolute Gasteiger partial charge is 0.256 e. The molecule has 0 aromatic heterocycles. The third-order valence-corrected chi connectivity index (χ3v) is 4.36. The van der Waals surface area contributed by atoms with Gasteiger partial charge in [-0.25, -0.2) is 0 Å². The van der Waals surface area contributed by atoms with E-state index in [1.807, 2.05) is 48.5 Å². The van der Waals surface area contributed by atoms with Gasteiger partial charge < -0.3 is 5.32 Å². The van der Waals surface area contributed by atoms with Crippen molar-refractivity contribution in [3.8, 4) is 0 Å². The number of anilines is 1. The fourth-order valence-electron chi connectivity index (χ4n) is 2.05. The summed E-state index contributed by atoms with van der Waals surface area (Å²) in [4.78, 5) is 12.1. The first-order valence-corrected chi connectivity index (χ1v) is 7.60. The van der Waals surface area contributed by atoms with Gasteiger partial charge in [0.1, 0.15) is 0 Å². The molecule has 0 bridgehead atoms. The summed E-state index contributed by atoms with van der Waals surface area (Å²) in [5.74, 6) is -0.0484. The highest BCUT2D eigenvalue weighted by Gasteiger charge is 2.24. The summed E-state index contributed by atoms with van der Waals surface area (Å²) < 4.78 is 2.10. The minimum Gasteiger partial charge on any atom is -0.321 e. The molecule has 0 fully saturated rings. The van der Waals surface area contributed by atoms with Gasteiger partial charge in [-0.2, -0.15) is 0 Å². The van der Waals surface area contributed by atoms with E-state index in [0.717, 1.165) is 24.9 Å². The van der Waals surface area contributed by atoms with Crippen LogP contribution >= 0.6 is 38.5 Å². The topological polar surface area (TPSA) is 29.1 Å². The maximum absolute atomic E-state index is 12.1. The van der Waals surface area contributed by atoms with Gasteiger partial charge in [-0.1, -0.05) is 34.1 Å². The van der Waals surface area contributed by atoms with E-state index in [4.69, 9.17) is 0 Å². The molecule has 0 aliphatic carbocycles. The quantitative estimate of drug-likeness (QED) is 0.527. The van der Waals surface area contributed by atoms with E-state index in [0.29, 0.717) is 5.57 Å². The Morgan fingerprint density at radius 3 is 2.74 bits per heavy atom. The molecule has 2 nitrogen and oxygen atoms in total. The zero-order valence-electron chi connectivity index (χ0n) is 9.78. The van der Waals surface area contributed by atoms with Gasteiger partial charge in [0.2, 0.25) is 0 Å². The first kappa shape index (κ1) is 12.9. The average Bonchev–Trinajstić information content (AvgIpc) is 2.69. The number of hydrogen-bond donors (Lipinski definition) is 1. The standard InChI is InChI=1S/C15H9BrINO/c16-13-4-2-1-3-9(13)7-12-11-8-10(17)5-6-14(11)18-15(12)19/h1-8H,(H,18,19). The van der Waals surface area contributed by atoms with Crippen LogP contribution in [-0.2, 0) is 4.79 Å². The minimum absolute atomic E-state index is 0.0484. The molecule has 2 aromatic carbocycles. The second-order valence-electron chi connectivity index (χ2n) is 4.22. The molecule has 0 radical (unpaired) electrons. The molecule has 3 rings (SSSR count). The van der Waals surface area contributed by atoms with E-state index >= 15 is 0 Å². The van der Waals surface area contributed by atoms with Crippen molar-refractivity contribution < 1.29 is 4.79 Å². The fraction of sp³-hybridized carbons (Fsp3) is 0. The molecule has 2 aromatic rings. The van der Waals surface area contributed by atoms with E-state index in [9.17, 15) is 4.79 Å². The van der Waals surface area contributed by atoms with Gasteiger partial charge in [0, 0.05) is 24.9 Å². The first-order chi connectivity index (χ1) is 9.15. The second kappa shape index (κ2) is 5.09. The maximum atomic E-state index is 12.1. The van der Waals surface area contributed by atoms with Crippen LogP contribution in [0, 0.1) is 3.57 Å². The predicted molar refractivity (Wildman–Crippen MR) is 89.8 cm³/mol. The highest BCUT2D eigenvalue weighted by molar-refractivity contribution is 14.1. The van der Waals surface area contributed by atoms with Crippen LogP contribution in [0.2, 0.25) is 0 Å². The van der Waals surface area contributed by atoms with Crippen molar-refractivity contribution >= 4 is 61.8 Å². The van der Waals surface area contributed by atoms with Crippen molar-refractivity contribution in [3.63, 3.8) is 0 Å². The molecule has 1 aliphatic rings. The molecule has 0 atom stereocenters. The number of benzene rings is 2. The summed E-state index contributed by atoms with van der Waals surface area (Å²) in [7, 11) is 0. The number of carbonyl (C=O) groups is 1. The summed E-state index contributed by atoms with van der Waals surface area (Å²) in [5.41, 5.74) is 3.55. The Balaban J connectivity index is 2.14. The number of carbonyl (C=O) groups excluding carboxylic acids is 1. The Hall–Kier alpha value is -1.14. The highest BCUT2D eigenvalue weighted by Crippen LogP contribution is 2.35. The van der Waals surface area contributed by atoms with Gasteiger partial charge in [-0.15, -0.1) is 0 Å². The van der Waals surface area contributed by atoms with Crippen LogP contribution in [0.25, 0.3) is 11.6 Å². The van der Waals surface area contributed by atoms with Gasteiger partial charge >= 0.3 is 0 Å². The molecule has 4 heteroatoms. The Labute approximate surface area is 133 Å². The SMILES string of the molecule is O=C1Nc2ccc(I)cc2C1=Cc1ccccc1Br. The number of nitrogens with one attached hydrogen (secondary N) is 1. The van der Waals surface area contributed by atoms with E-state index in [1.54, 1.807) is 0 Å². The van der Waals surface area contributed by atoms with Gasteiger partial charge in [-0.3, -0.25) is 4.79 Å². The number of fused-ring (bicyclic) bond motifs is 1. The van der Waals surface area contributed by atoms with Crippen molar-refractivity contribution in [2.24, 2.45) is 0 Å². The Morgan fingerprint density at radius 2 is 1.95 bits per heavy atom. The molecule has 0 saturated heterocycles. The van der Waals surface area contributed by atoms with E-state index in [1.165, 1.54) is 0 Å². The zero-order valence-corrected chi connectivity index (χ0v) is 13.5. The van der Waals surface area contributed by atoms with Gasteiger partial charge in [-0.05, 0) is 58.5 Å². The molecular weight excluding hydrogens is 417 g/mol. The van der Waals surface area contributed by atoms with Crippen LogP contribution in [0.3, 0.4) is 0 Å². The molecule has 1 N–H and O–H groups in total. The molecule has 0 spiro atoms. The lowest BCUT2D eigenvalue weighted by atomic mass is 10.0. The lowest BCUT2D eigenvalue weighted by molar-refractivity contribution is -0.110. The van der Waals surface area contributed by atoms with E-state index in [-0.39, 0.29) is 5.91 Å². The van der Waals surface area contributed by atoms with Crippen molar-refractivity contribution in [3.05, 3.63) is 61.6 Å². The zero-order chi connectivity index (χ0) is 13.4. The molecular formula is C15H9BrINO. The van der Waals surface area contributed by atoms with E-state index in [2.05, 4.69) is 43.8 Å². The monoisotopic (exact) mass is 425 g/mol. The van der Waals surface area contributed by atoms with Crippen molar-refractivity contribution in [1.29, 1.82) is 0 Å². The number of hydrogen-bond acceptors (Lipinski definition) is 1. The average molecular weight is 426 g/mol. The third-order valence-electron chi connectivity index (χ3n) is 2.97. The molecule has 0 unspecified atom stereocenters. The van der Waals surface area contributed by atoms with Gasteiger partial charge in [0.05, 0.1) is 0 Å². The fourth-order valence-corrected chi connectivity index (χ4v) is 2.94. The summed E-state index contributed by atoms with van der Waals surface area (Å²) in [6.07, 6.45) is 1.92. The van der Waals surface area contributed by atoms with Crippen LogP contribution in [0.15, 0.2) is 46.9 Å². The van der Waals surface area contributed by atoms with Crippen LogP contribution in [-0.4, -0.2) is 5.91 Å². The molecule has 94 valence electrons. The predicted octanol–water partition coefficient (Wildman–Crippen LogP) is 4.55. The summed E-state index contributed by atoms with van der Waals surface area (Å²) in [6.45, 7) is 0. The molecule has 1 aliphatic heterocycles. The molecule has 1 heterocycles. The van der Waals surface area contributed by atoms with Gasteiger partial charge in [0.15, 0.2) is 0 Å². The number of halogens is 2. The highest BCUT2D eigenvalue weighted by atomic mass is 127. The number of rotatable bonds is 1. The summed E-state index contributed by atoms with van der Waals surface area (Å²) in [5, 5.41) is 2.89. The van der Waals surface area contributed by atoms with Crippen molar-refractivity contribution in [2.75, 3.05) is 5.32 Å². The first-order valence-electron chi connectivity index (χ1n) is 5.72. The van der Waals surface area contributed by atoms with Gasteiger partial charge in [0.25, 0.3) is 5.91 Å². The van der Waals surface area contributed by atoms with Crippen molar-refractivity contribution in [2.45, 2.75) is 0 Å². The third kappa shape index (κ3) is 2.47. The normalized spacial score (nSPS) is 15.5. The van der Waals surface area contributed by atoms with Crippen molar-refractivity contribution in [1.82, 2.24) is 0 Å². The molecule has 19 heavy (non-hydrogen) atoms. The Bertz CT molecular complexity index is 709. The van der Waals surface area contributed by atoms with E-state index < -0.39 is 0 Å². The van der Waals surface area contributed by atoms with Crippen LogP contribution in [0.1, 0.15) is 11.1 Å². The molecule has 1 amide bonds. The summed E-state index contributed by atoms with van der Waals surface area (Å²) in [6, 6.07) is 13.8. The van der Waals surface area contributed by atoms with Crippen LogP contribution in [0.5, 0.6) is 0 Å². The van der Waals surface area contributed by atoms with Crippen LogP contribution in [0.4, 0.5) is 5.69 Å². The maximum Gasteiger partial charge on any atom is 0.256 e. The largest absolute Gasteiger partial charge is 0.321 e. The van der Waals surface area contributed by atoms with Crippen LogP contribution < -0.4 is 5.32 Å². The Kier molecular flexibility index (Phi) is 3.45. The molecule has 0 saturated carbocycles. The minimum atomic E-state index is -0.0484. The lowest BCUT2D eigenvalue weighted by Crippen LogP contribution is -2.03. The summed E-state index contributed by atoms with van der Waals surface area (Å²) >= 11 is 5.75. The second-order valence-corrected chi connectivity index (χ2v) is 6.32. The Morgan fingerprint density at radius 1 is 1.16 bits per heavy atom. The lowest BCUT2D eigenvalue weighted by Gasteiger charge is -2.01. The number of amides is 1.